The molecule has 0 aromatic heterocycles. The number of rotatable bonds is 1. The summed E-state index contributed by atoms with van der Waals surface area (Å²) in [4.78, 5) is 13.9. The second-order valence-corrected chi connectivity index (χ2v) is 6.29. The van der Waals surface area contributed by atoms with E-state index in [9.17, 15) is 9.90 Å². The predicted octanol–water partition coefficient (Wildman–Crippen LogP) is 2.08. The SMILES string of the molecule is O=C1Nc2cc(N3CCOC4CCCC43)c(Cl)cc2C1O. The molecule has 2 fully saturated rings. The van der Waals surface area contributed by atoms with Gasteiger partial charge in [-0.1, -0.05) is 11.6 Å². The molecule has 2 aliphatic heterocycles. The number of aliphatic hydroxyl groups excluding tert-OH is 1. The topological polar surface area (TPSA) is 61.8 Å². The van der Waals surface area contributed by atoms with Crippen LogP contribution in [0.3, 0.4) is 0 Å². The number of ether oxygens (including phenoxy) is 1. The van der Waals surface area contributed by atoms with Gasteiger partial charge in [0.1, 0.15) is 0 Å². The van der Waals surface area contributed by atoms with Gasteiger partial charge in [0, 0.05) is 17.8 Å². The Kier molecular flexibility index (Phi) is 3.10. The van der Waals surface area contributed by atoms with E-state index < -0.39 is 6.10 Å². The second-order valence-electron chi connectivity index (χ2n) is 5.88. The summed E-state index contributed by atoms with van der Waals surface area (Å²) in [6.45, 7) is 1.50. The van der Waals surface area contributed by atoms with Crippen LogP contribution in [-0.4, -0.2) is 36.3 Å². The first-order valence-corrected chi connectivity index (χ1v) is 7.73. The molecule has 21 heavy (non-hydrogen) atoms. The Bertz CT molecular complexity index is 607. The van der Waals surface area contributed by atoms with Crippen molar-refractivity contribution >= 4 is 28.9 Å². The number of fused-ring (bicyclic) bond motifs is 2. The summed E-state index contributed by atoms with van der Waals surface area (Å²) >= 11 is 6.41. The smallest absolute Gasteiger partial charge is 0.257 e. The molecule has 6 heteroatoms. The van der Waals surface area contributed by atoms with Gasteiger partial charge in [-0.25, -0.2) is 0 Å². The lowest BCUT2D eigenvalue weighted by molar-refractivity contribution is -0.123. The molecule has 1 saturated carbocycles. The molecular formula is C15H17ClN2O3. The molecule has 1 aliphatic carbocycles. The van der Waals surface area contributed by atoms with Crippen molar-refractivity contribution in [1.29, 1.82) is 0 Å². The summed E-state index contributed by atoms with van der Waals surface area (Å²) in [5.74, 6) is -0.390. The van der Waals surface area contributed by atoms with Gasteiger partial charge in [-0.05, 0) is 31.4 Å². The minimum Gasteiger partial charge on any atom is -0.378 e. The van der Waals surface area contributed by atoms with Gasteiger partial charge in [0.05, 0.1) is 29.5 Å². The molecule has 1 saturated heterocycles. The first-order valence-electron chi connectivity index (χ1n) is 7.36. The van der Waals surface area contributed by atoms with Crippen LogP contribution in [0.4, 0.5) is 11.4 Å². The maximum absolute atomic E-state index is 11.6. The van der Waals surface area contributed by atoms with E-state index in [0.717, 1.165) is 25.1 Å². The first kappa shape index (κ1) is 13.4. The van der Waals surface area contributed by atoms with E-state index in [4.69, 9.17) is 16.3 Å². The summed E-state index contributed by atoms with van der Waals surface area (Å²) in [6, 6.07) is 3.94. The van der Waals surface area contributed by atoms with Crippen LogP contribution in [0, 0.1) is 0 Å². The fourth-order valence-electron chi connectivity index (χ4n) is 3.70. The molecule has 5 nitrogen and oxygen atoms in total. The molecule has 1 aromatic carbocycles. The van der Waals surface area contributed by atoms with Gasteiger partial charge in [-0.3, -0.25) is 4.79 Å². The number of benzene rings is 1. The quantitative estimate of drug-likeness (QED) is 0.834. The van der Waals surface area contributed by atoms with Crippen molar-refractivity contribution < 1.29 is 14.6 Å². The number of carbonyl (C=O) groups is 1. The molecule has 112 valence electrons. The van der Waals surface area contributed by atoms with E-state index in [-0.39, 0.29) is 12.0 Å². The van der Waals surface area contributed by atoms with Gasteiger partial charge in [-0.15, -0.1) is 0 Å². The molecule has 0 bridgehead atoms. The minimum absolute atomic E-state index is 0.281. The lowest BCUT2D eigenvalue weighted by atomic mass is 10.1. The number of anilines is 2. The van der Waals surface area contributed by atoms with Crippen LogP contribution < -0.4 is 10.2 Å². The van der Waals surface area contributed by atoms with Crippen LogP contribution in [0.25, 0.3) is 0 Å². The first-order chi connectivity index (χ1) is 10.1. The van der Waals surface area contributed by atoms with Crippen molar-refractivity contribution in [2.75, 3.05) is 23.4 Å². The second kappa shape index (κ2) is 4.87. The van der Waals surface area contributed by atoms with Crippen LogP contribution in [0.15, 0.2) is 12.1 Å². The Morgan fingerprint density at radius 3 is 3.10 bits per heavy atom. The van der Waals surface area contributed by atoms with E-state index in [2.05, 4.69) is 10.2 Å². The molecule has 1 aromatic rings. The number of amides is 1. The van der Waals surface area contributed by atoms with E-state index in [0.29, 0.717) is 28.9 Å². The predicted molar refractivity (Wildman–Crippen MR) is 79.8 cm³/mol. The molecule has 2 heterocycles. The van der Waals surface area contributed by atoms with Crippen LogP contribution in [0.5, 0.6) is 0 Å². The Balaban J connectivity index is 1.72. The van der Waals surface area contributed by atoms with Crippen LogP contribution in [0.1, 0.15) is 30.9 Å². The fraction of sp³-hybridized carbons (Fsp3) is 0.533. The van der Waals surface area contributed by atoms with E-state index in [1.165, 1.54) is 6.42 Å². The van der Waals surface area contributed by atoms with Crippen molar-refractivity contribution in [3.63, 3.8) is 0 Å². The number of hydrogen-bond acceptors (Lipinski definition) is 4. The third-order valence-electron chi connectivity index (χ3n) is 4.71. The number of carbonyl (C=O) groups excluding carboxylic acids is 1. The van der Waals surface area contributed by atoms with Crippen LogP contribution >= 0.6 is 11.6 Å². The zero-order chi connectivity index (χ0) is 14.6. The standard InChI is InChI=1S/C15H17ClN2O3/c16-9-6-8-10(17-15(20)14(8)19)7-12(9)18-4-5-21-13-3-1-2-11(13)18/h6-7,11,13-14,19H,1-5H2,(H,17,20). The van der Waals surface area contributed by atoms with Gasteiger partial charge in [0.2, 0.25) is 0 Å². The average molecular weight is 309 g/mol. The van der Waals surface area contributed by atoms with Crippen molar-refractivity contribution in [2.45, 2.75) is 37.5 Å². The molecule has 4 rings (SSSR count). The summed E-state index contributed by atoms with van der Waals surface area (Å²) in [6.07, 6.45) is 2.54. The summed E-state index contributed by atoms with van der Waals surface area (Å²) in [5.41, 5.74) is 2.14. The summed E-state index contributed by atoms with van der Waals surface area (Å²) in [5, 5.41) is 13.1. The third-order valence-corrected chi connectivity index (χ3v) is 5.01. The minimum atomic E-state index is -1.12. The molecule has 3 unspecified atom stereocenters. The Hall–Kier alpha value is -1.30. The van der Waals surface area contributed by atoms with Gasteiger partial charge in [-0.2, -0.15) is 0 Å². The summed E-state index contributed by atoms with van der Waals surface area (Å²) in [7, 11) is 0. The lowest BCUT2D eigenvalue weighted by Crippen LogP contribution is -2.48. The largest absolute Gasteiger partial charge is 0.378 e. The monoisotopic (exact) mass is 308 g/mol. The fourth-order valence-corrected chi connectivity index (χ4v) is 3.98. The van der Waals surface area contributed by atoms with Gasteiger partial charge in [0.15, 0.2) is 6.10 Å². The Morgan fingerprint density at radius 1 is 1.38 bits per heavy atom. The number of nitrogens with zero attached hydrogens (tertiary/aromatic N) is 1. The molecule has 0 spiro atoms. The third kappa shape index (κ3) is 2.03. The number of nitrogens with one attached hydrogen (secondary N) is 1. The van der Waals surface area contributed by atoms with Crippen molar-refractivity contribution in [1.82, 2.24) is 0 Å². The normalized spacial score (nSPS) is 31.0. The van der Waals surface area contributed by atoms with Crippen molar-refractivity contribution in [3.8, 4) is 0 Å². The molecule has 1 amide bonds. The van der Waals surface area contributed by atoms with Gasteiger partial charge < -0.3 is 20.1 Å². The molecular weight excluding hydrogens is 292 g/mol. The van der Waals surface area contributed by atoms with E-state index in [1.54, 1.807) is 6.07 Å². The Morgan fingerprint density at radius 2 is 2.24 bits per heavy atom. The molecule has 0 radical (unpaired) electrons. The Labute approximate surface area is 127 Å². The number of aliphatic hydroxyl groups is 1. The van der Waals surface area contributed by atoms with Crippen LogP contribution in [-0.2, 0) is 9.53 Å². The maximum atomic E-state index is 11.6. The highest BCUT2D eigenvalue weighted by Gasteiger charge is 2.38. The maximum Gasteiger partial charge on any atom is 0.257 e. The number of morpholine rings is 1. The molecule has 2 N–H and O–H groups in total. The average Bonchev–Trinajstić information content (AvgIpc) is 3.05. The van der Waals surface area contributed by atoms with Crippen molar-refractivity contribution in [3.05, 3.63) is 22.7 Å². The highest BCUT2D eigenvalue weighted by atomic mass is 35.5. The number of hydrogen-bond donors (Lipinski definition) is 2. The van der Waals surface area contributed by atoms with Gasteiger partial charge >= 0.3 is 0 Å². The van der Waals surface area contributed by atoms with E-state index >= 15 is 0 Å². The zero-order valence-electron chi connectivity index (χ0n) is 11.5. The van der Waals surface area contributed by atoms with E-state index in [1.807, 2.05) is 6.07 Å². The highest BCUT2D eigenvalue weighted by Crippen LogP contribution is 2.42. The zero-order valence-corrected chi connectivity index (χ0v) is 12.3. The number of halogens is 1. The molecule has 3 atom stereocenters. The van der Waals surface area contributed by atoms with Crippen LogP contribution in [0.2, 0.25) is 5.02 Å². The molecule has 3 aliphatic rings. The lowest BCUT2D eigenvalue weighted by Gasteiger charge is -2.40. The summed E-state index contributed by atoms with van der Waals surface area (Å²) < 4.78 is 5.83. The van der Waals surface area contributed by atoms with Crippen molar-refractivity contribution in [2.24, 2.45) is 0 Å². The highest BCUT2D eigenvalue weighted by molar-refractivity contribution is 6.33. The van der Waals surface area contributed by atoms with Gasteiger partial charge in [0.25, 0.3) is 5.91 Å².